The van der Waals surface area contributed by atoms with Gasteiger partial charge in [-0.05, 0) is 36.4 Å². The summed E-state index contributed by atoms with van der Waals surface area (Å²) >= 11 is 0. The Kier molecular flexibility index (Phi) is 3.51. The fourth-order valence-electron chi connectivity index (χ4n) is 2.46. The molecule has 3 aromatic heterocycles. The third-order valence-corrected chi connectivity index (χ3v) is 3.59. The molecular weight excluding hydrogens is 304 g/mol. The van der Waals surface area contributed by atoms with Gasteiger partial charge in [0.2, 0.25) is 11.8 Å². The van der Waals surface area contributed by atoms with Crippen molar-refractivity contribution in [2.75, 3.05) is 12.4 Å². The van der Waals surface area contributed by atoms with Crippen molar-refractivity contribution in [1.82, 2.24) is 25.1 Å². The lowest BCUT2D eigenvalue weighted by Gasteiger charge is -2.09. The highest BCUT2D eigenvalue weighted by Gasteiger charge is 2.09. The van der Waals surface area contributed by atoms with Crippen LogP contribution in [0.5, 0.6) is 5.88 Å². The van der Waals surface area contributed by atoms with Gasteiger partial charge in [-0.15, -0.1) is 0 Å². The third kappa shape index (κ3) is 2.63. The van der Waals surface area contributed by atoms with Crippen LogP contribution in [0.2, 0.25) is 0 Å². The number of nitrogens with zero attached hydrogens (tertiary/aromatic N) is 4. The first kappa shape index (κ1) is 14.1. The van der Waals surface area contributed by atoms with Crippen molar-refractivity contribution < 1.29 is 4.74 Å². The lowest BCUT2D eigenvalue weighted by atomic mass is 10.2. The first-order chi connectivity index (χ1) is 11.8. The molecule has 2 N–H and O–H groups in total. The van der Waals surface area contributed by atoms with Gasteiger partial charge in [-0.3, -0.25) is 5.10 Å². The van der Waals surface area contributed by atoms with Crippen molar-refractivity contribution in [2.24, 2.45) is 0 Å². The van der Waals surface area contributed by atoms with Crippen molar-refractivity contribution in [3.05, 3.63) is 55.0 Å². The number of aromatic nitrogens is 5. The maximum Gasteiger partial charge on any atom is 0.227 e. The predicted octanol–water partition coefficient (Wildman–Crippen LogP) is 3.17. The standard InChI is InChI=1S/C17H14N6O/c1-24-16-13(3-2-7-18-16)14-6-8-19-17(22-14)21-12-5-4-11-10-20-23-15(11)9-12/h2-10H,1H3,(H,20,23)(H,19,21,22). The minimum atomic E-state index is 0.497. The van der Waals surface area contributed by atoms with Crippen LogP contribution in [0.4, 0.5) is 11.6 Å². The lowest BCUT2D eigenvalue weighted by Crippen LogP contribution is -1.99. The van der Waals surface area contributed by atoms with Gasteiger partial charge in [-0.2, -0.15) is 5.10 Å². The predicted molar refractivity (Wildman–Crippen MR) is 91.2 cm³/mol. The molecule has 7 nitrogen and oxygen atoms in total. The van der Waals surface area contributed by atoms with E-state index in [1.165, 1.54) is 0 Å². The van der Waals surface area contributed by atoms with E-state index in [1.54, 1.807) is 25.7 Å². The second kappa shape index (κ2) is 5.96. The topological polar surface area (TPSA) is 88.6 Å². The normalized spacial score (nSPS) is 10.7. The minimum absolute atomic E-state index is 0.497. The van der Waals surface area contributed by atoms with Gasteiger partial charge in [-0.1, -0.05) is 0 Å². The van der Waals surface area contributed by atoms with Crippen molar-refractivity contribution >= 4 is 22.5 Å². The van der Waals surface area contributed by atoms with Crippen LogP contribution in [0.15, 0.2) is 55.0 Å². The third-order valence-electron chi connectivity index (χ3n) is 3.59. The molecule has 1 aromatic carbocycles. The average molecular weight is 318 g/mol. The highest BCUT2D eigenvalue weighted by Crippen LogP contribution is 2.27. The fourth-order valence-corrected chi connectivity index (χ4v) is 2.46. The molecule has 0 amide bonds. The zero-order chi connectivity index (χ0) is 16.4. The number of nitrogens with one attached hydrogen (secondary N) is 2. The molecule has 0 radical (unpaired) electrons. The van der Waals surface area contributed by atoms with Crippen LogP contribution in [0, 0.1) is 0 Å². The van der Waals surface area contributed by atoms with Crippen LogP contribution in [0.1, 0.15) is 0 Å². The summed E-state index contributed by atoms with van der Waals surface area (Å²) < 4.78 is 5.29. The number of pyridine rings is 1. The van der Waals surface area contributed by atoms with Gasteiger partial charge in [0.1, 0.15) is 0 Å². The molecule has 0 unspecified atom stereocenters. The molecule has 24 heavy (non-hydrogen) atoms. The van der Waals surface area contributed by atoms with E-state index in [1.807, 2.05) is 36.4 Å². The number of aromatic amines is 1. The van der Waals surface area contributed by atoms with Gasteiger partial charge in [0.05, 0.1) is 30.1 Å². The molecular formula is C17H14N6O. The Hall–Kier alpha value is -3.48. The summed E-state index contributed by atoms with van der Waals surface area (Å²) in [4.78, 5) is 13.0. The quantitative estimate of drug-likeness (QED) is 0.601. The number of methoxy groups -OCH3 is 1. The first-order valence-electron chi connectivity index (χ1n) is 7.36. The number of benzene rings is 1. The summed E-state index contributed by atoms with van der Waals surface area (Å²) in [5.74, 6) is 1.03. The largest absolute Gasteiger partial charge is 0.481 e. The van der Waals surface area contributed by atoms with E-state index in [9.17, 15) is 0 Å². The molecule has 7 heteroatoms. The molecule has 0 bridgehead atoms. The Morgan fingerprint density at radius 3 is 2.96 bits per heavy atom. The zero-order valence-corrected chi connectivity index (χ0v) is 12.9. The Labute approximate surface area is 137 Å². The van der Waals surface area contributed by atoms with E-state index < -0.39 is 0 Å². The number of rotatable bonds is 4. The molecule has 0 aliphatic carbocycles. The fraction of sp³-hybridized carbons (Fsp3) is 0.0588. The molecule has 118 valence electrons. The van der Waals surface area contributed by atoms with Gasteiger partial charge < -0.3 is 10.1 Å². The van der Waals surface area contributed by atoms with Crippen LogP contribution in [-0.2, 0) is 0 Å². The molecule has 3 heterocycles. The molecule has 0 aliphatic rings. The summed E-state index contributed by atoms with van der Waals surface area (Å²) in [6.45, 7) is 0. The SMILES string of the molecule is COc1ncccc1-c1ccnc(Nc2ccc3cn[nH]c3c2)n1. The molecule has 0 saturated carbocycles. The van der Waals surface area contributed by atoms with Crippen LogP contribution < -0.4 is 10.1 Å². The Bertz CT molecular complexity index is 997. The summed E-state index contributed by atoms with van der Waals surface area (Å²) in [7, 11) is 1.59. The minimum Gasteiger partial charge on any atom is -0.481 e. The number of ether oxygens (including phenoxy) is 1. The molecule has 0 saturated heterocycles. The summed E-state index contributed by atoms with van der Waals surface area (Å²) in [5.41, 5.74) is 3.38. The van der Waals surface area contributed by atoms with E-state index in [4.69, 9.17) is 4.74 Å². The highest BCUT2D eigenvalue weighted by molar-refractivity contribution is 5.82. The van der Waals surface area contributed by atoms with Crippen LogP contribution >= 0.6 is 0 Å². The van der Waals surface area contributed by atoms with Crippen molar-refractivity contribution in [3.8, 4) is 17.1 Å². The van der Waals surface area contributed by atoms with E-state index in [0.717, 1.165) is 27.8 Å². The van der Waals surface area contributed by atoms with Crippen molar-refractivity contribution in [3.63, 3.8) is 0 Å². The second-order valence-electron chi connectivity index (χ2n) is 5.12. The van der Waals surface area contributed by atoms with Crippen molar-refractivity contribution in [2.45, 2.75) is 0 Å². The average Bonchev–Trinajstić information content (AvgIpc) is 3.10. The molecule has 0 fully saturated rings. The van der Waals surface area contributed by atoms with Crippen LogP contribution in [0.25, 0.3) is 22.2 Å². The molecule has 4 rings (SSSR count). The first-order valence-corrected chi connectivity index (χ1v) is 7.36. The van der Waals surface area contributed by atoms with Gasteiger partial charge in [-0.25, -0.2) is 15.0 Å². The van der Waals surface area contributed by atoms with Crippen molar-refractivity contribution in [1.29, 1.82) is 0 Å². The van der Waals surface area contributed by atoms with Gasteiger partial charge >= 0.3 is 0 Å². The Morgan fingerprint density at radius 2 is 2.04 bits per heavy atom. The second-order valence-corrected chi connectivity index (χ2v) is 5.12. The van der Waals surface area contributed by atoms with Gasteiger partial charge in [0.15, 0.2) is 0 Å². The van der Waals surface area contributed by atoms with Gasteiger partial charge in [0, 0.05) is 23.5 Å². The Morgan fingerprint density at radius 1 is 1.08 bits per heavy atom. The van der Waals surface area contributed by atoms with E-state index >= 15 is 0 Å². The number of anilines is 2. The molecule has 0 aliphatic heterocycles. The molecule has 0 atom stereocenters. The smallest absolute Gasteiger partial charge is 0.227 e. The highest BCUT2D eigenvalue weighted by atomic mass is 16.5. The zero-order valence-electron chi connectivity index (χ0n) is 12.9. The summed E-state index contributed by atoms with van der Waals surface area (Å²) in [6.07, 6.45) is 5.17. The molecule has 0 spiro atoms. The van der Waals surface area contributed by atoms with Gasteiger partial charge in [0.25, 0.3) is 0 Å². The van der Waals surface area contributed by atoms with Crippen LogP contribution in [0.3, 0.4) is 0 Å². The maximum absolute atomic E-state index is 5.29. The number of hydrogen-bond donors (Lipinski definition) is 2. The lowest BCUT2D eigenvalue weighted by molar-refractivity contribution is 0.399. The maximum atomic E-state index is 5.29. The number of hydrogen-bond acceptors (Lipinski definition) is 6. The van der Waals surface area contributed by atoms with Crippen LogP contribution in [-0.4, -0.2) is 32.3 Å². The van der Waals surface area contributed by atoms with E-state index in [2.05, 4.69) is 30.5 Å². The molecule has 4 aromatic rings. The van der Waals surface area contributed by atoms with E-state index in [0.29, 0.717) is 11.8 Å². The Balaban J connectivity index is 1.67. The summed E-state index contributed by atoms with van der Waals surface area (Å²) in [6, 6.07) is 11.5. The summed E-state index contributed by atoms with van der Waals surface area (Å²) in [5, 5.41) is 11.2. The van der Waals surface area contributed by atoms with E-state index in [-0.39, 0.29) is 0 Å². The monoisotopic (exact) mass is 318 g/mol. The number of H-pyrrole nitrogens is 1. The number of fused-ring (bicyclic) bond motifs is 1.